The molecule has 9 heteroatoms. The van der Waals surface area contributed by atoms with E-state index in [1.165, 1.54) is 22.5 Å². The van der Waals surface area contributed by atoms with Crippen molar-refractivity contribution in [2.24, 2.45) is 0 Å². The number of nitrogens with one attached hydrogen (secondary N) is 1. The minimum absolute atomic E-state index is 0.0674. The Hall–Kier alpha value is -2.74. The highest BCUT2D eigenvalue weighted by Gasteiger charge is 2.29. The summed E-state index contributed by atoms with van der Waals surface area (Å²) in [6.45, 7) is 1.95. The number of rotatable bonds is 6. The minimum atomic E-state index is -3.79. The molecule has 0 bridgehead atoms. The minimum Gasteiger partial charge on any atom is -0.482 e. The molecule has 33 heavy (non-hydrogen) atoms. The molecule has 6 nitrogen and oxygen atoms in total. The Morgan fingerprint density at radius 1 is 1.09 bits per heavy atom. The number of hydrogen-bond acceptors (Lipinski definition) is 4. The molecule has 172 valence electrons. The summed E-state index contributed by atoms with van der Waals surface area (Å²) in [4.78, 5) is 12.3. The van der Waals surface area contributed by atoms with E-state index in [0.717, 1.165) is 24.0 Å². The summed E-state index contributed by atoms with van der Waals surface area (Å²) in [5, 5.41) is 3.44. The van der Waals surface area contributed by atoms with Crippen LogP contribution in [0.4, 0.5) is 11.4 Å². The number of anilines is 2. The number of nitrogens with zero attached hydrogens (tertiary/aromatic N) is 1. The van der Waals surface area contributed by atoms with E-state index >= 15 is 0 Å². The van der Waals surface area contributed by atoms with Crippen molar-refractivity contribution >= 4 is 50.5 Å². The van der Waals surface area contributed by atoms with Crippen LogP contribution in [0.2, 0.25) is 10.0 Å². The summed E-state index contributed by atoms with van der Waals surface area (Å²) in [6, 6.07) is 16.9. The Bertz CT molecular complexity index is 1310. The molecule has 1 aliphatic rings. The molecule has 0 radical (unpaired) electrons. The molecule has 1 N–H and O–H groups in total. The second-order valence-corrected chi connectivity index (χ2v) is 10.4. The number of para-hydroxylation sites is 1. The van der Waals surface area contributed by atoms with E-state index < -0.39 is 10.0 Å². The molecule has 0 aliphatic carbocycles. The van der Waals surface area contributed by atoms with E-state index in [4.69, 9.17) is 27.9 Å². The number of benzene rings is 3. The molecule has 1 aliphatic heterocycles. The van der Waals surface area contributed by atoms with Crippen molar-refractivity contribution < 1.29 is 17.9 Å². The van der Waals surface area contributed by atoms with Gasteiger partial charge in [-0.05, 0) is 73.4 Å². The fraction of sp³-hybridized carbons (Fsp3) is 0.208. The van der Waals surface area contributed by atoms with Crippen LogP contribution in [-0.2, 0) is 21.2 Å². The predicted molar refractivity (Wildman–Crippen MR) is 131 cm³/mol. The van der Waals surface area contributed by atoms with Crippen LogP contribution in [0.25, 0.3) is 0 Å². The Balaban J connectivity index is 1.46. The van der Waals surface area contributed by atoms with Crippen molar-refractivity contribution in [2.75, 3.05) is 22.8 Å². The third-order valence-corrected chi connectivity index (χ3v) is 7.72. The van der Waals surface area contributed by atoms with E-state index in [9.17, 15) is 13.2 Å². The quantitative estimate of drug-likeness (QED) is 0.483. The highest BCUT2D eigenvalue weighted by Crippen LogP contribution is 2.34. The largest absolute Gasteiger partial charge is 0.482 e. The predicted octanol–water partition coefficient (Wildman–Crippen LogP) is 5.46. The Kier molecular flexibility index (Phi) is 6.83. The lowest BCUT2D eigenvalue weighted by Crippen LogP contribution is -2.35. The van der Waals surface area contributed by atoms with E-state index in [2.05, 4.69) is 5.32 Å². The van der Waals surface area contributed by atoms with Gasteiger partial charge in [0.2, 0.25) is 0 Å². The third-order valence-electron chi connectivity index (χ3n) is 5.38. The lowest BCUT2D eigenvalue weighted by molar-refractivity contribution is -0.118. The van der Waals surface area contributed by atoms with Gasteiger partial charge < -0.3 is 10.1 Å². The molecule has 0 unspecified atom stereocenters. The van der Waals surface area contributed by atoms with Gasteiger partial charge in [-0.1, -0.05) is 41.4 Å². The molecule has 3 aromatic rings. The van der Waals surface area contributed by atoms with E-state index in [0.29, 0.717) is 22.9 Å². The van der Waals surface area contributed by atoms with Crippen molar-refractivity contribution in [2.45, 2.75) is 24.7 Å². The number of hydrogen-bond donors (Lipinski definition) is 1. The zero-order valence-electron chi connectivity index (χ0n) is 17.8. The zero-order chi connectivity index (χ0) is 23.6. The van der Waals surface area contributed by atoms with Gasteiger partial charge in [-0.25, -0.2) is 8.42 Å². The fourth-order valence-corrected chi connectivity index (χ4v) is 5.83. The smallest absolute Gasteiger partial charge is 0.264 e. The van der Waals surface area contributed by atoms with Gasteiger partial charge >= 0.3 is 0 Å². The summed E-state index contributed by atoms with van der Waals surface area (Å²) >= 11 is 12.2. The first-order valence-electron chi connectivity index (χ1n) is 10.3. The lowest BCUT2D eigenvalue weighted by atomic mass is 10.0. The molecule has 0 atom stereocenters. The highest BCUT2D eigenvalue weighted by atomic mass is 35.5. The molecule has 0 fully saturated rings. The van der Waals surface area contributed by atoms with Gasteiger partial charge in [0, 0.05) is 17.3 Å². The average molecular weight is 505 g/mol. The lowest BCUT2D eigenvalue weighted by Gasteiger charge is -2.30. The van der Waals surface area contributed by atoms with Crippen molar-refractivity contribution in [1.82, 2.24) is 0 Å². The molecule has 3 aromatic carbocycles. The fourth-order valence-electron chi connectivity index (χ4n) is 3.73. The van der Waals surface area contributed by atoms with Gasteiger partial charge in [0.1, 0.15) is 5.75 Å². The maximum atomic E-state index is 13.3. The first-order chi connectivity index (χ1) is 15.8. The molecule has 0 spiro atoms. The van der Waals surface area contributed by atoms with Gasteiger partial charge in [0.15, 0.2) is 6.61 Å². The van der Waals surface area contributed by atoms with Crippen molar-refractivity contribution in [3.05, 3.63) is 81.8 Å². The third kappa shape index (κ3) is 5.11. The summed E-state index contributed by atoms with van der Waals surface area (Å²) in [6.07, 6.45) is 1.58. The van der Waals surface area contributed by atoms with Crippen LogP contribution in [0.3, 0.4) is 0 Å². The number of amides is 1. The first kappa shape index (κ1) is 23.4. The number of carbonyl (C=O) groups is 1. The maximum absolute atomic E-state index is 13.3. The molecule has 0 saturated heterocycles. The van der Waals surface area contributed by atoms with Crippen LogP contribution >= 0.6 is 23.2 Å². The summed E-state index contributed by atoms with van der Waals surface area (Å²) in [5.41, 5.74) is 3.14. The van der Waals surface area contributed by atoms with Crippen LogP contribution in [-0.4, -0.2) is 27.5 Å². The molecule has 4 rings (SSSR count). The second-order valence-electron chi connectivity index (χ2n) is 7.70. The SMILES string of the molecule is Cc1cc(Cl)ccc1NC(=O)COc1ccc(S(=O)(=O)N2CCCc3ccccc32)cc1Cl. The van der Waals surface area contributed by atoms with E-state index in [1.807, 2.05) is 31.2 Å². The number of carbonyl (C=O) groups excluding carboxylic acids is 1. The van der Waals surface area contributed by atoms with Gasteiger partial charge in [0.25, 0.3) is 15.9 Å². The summed E-state index contributed by atoms with van der Waals surface area (Å²) in [5.74, 6) is -0.157. The van der Waals surface area contributed by atoms with Crippen LogP contribution in [0.1, 0.15) is 17.5 Å². The zero-order valence-corrected chi connectivity index (χ0v) is 20.2. The standard InChI is InChI=1S/C24H22Cl2N2O4S/c1-16-13-18(25)8-10-21(16)27-24(29)15-32-23-11-9-19(14-20(23)26)33(30,31)28-12-4-6-17-5-2-3-7-22(17)28/h2-3,5,7-11,13-14H,4,6,12,15H2,1H3,(H,27,29). The van der Waals surface area contributed by atoms with Crippen LogP contribution in [0.5, 0.6) is 5.75 Å². The Morgan fingerprint density at radius 2 is 1.88 bits per heavy atom. The number of sulfonamides is 1. The molecular weight excluding hydrogens is 483 g/mol. The van der Waals surface area contributed by atoms with Crippen molar-refractivity contribution in [3.8, 4) is 5.75 Å². The molecule has 0 aromatic heterocycles. The van der Waals surface area contributed by atoms with E-state index in [1.54, 1.807) is 18.2 Å². The van der Waals surface area contributed by atoms with Crippen LogP contribution < -0.4 is 14.4 Å². The Morgan fingerprint density at radius 3 is 2.64 bits per heavy atom. The number of fused-ring (bicyclic) bond motifs is 1. The monoisotopic (exact) mass is 504 g/mol. The molecule has 1 amide bonds. The summed E-state index contributed by atoms with van der Waals surface area (Å²) < 4.78 is 33.5. The highest BCUT2D eigenvalue weighted by molar-refractivity contribution is 7.92. The normalized spacial score (nSPS) is 13.4. The number of halogens is 2. The van der Waals surface area contributed by atoms with Gasteiger partial charge in [-0.3, -0.25) is 9.10 Å². The maximum Gasteiger partial charge on any atom is 0.264 e. The summed E-state index contributed by atoms with van der Waals surface area (Å²) in [7, 11) is -3.79. The van der Waals surface area contributed by atoms with Gasteiger partial charge in [-0.2, -0.15) is 0 Å². The molecular formula is C24H22Cl2N2O4S. The van der Waals surface area contributed by atoms with Crippen molar-refractivity contribution in [3.63, 3.8) is 0 Å². The van der Waals surface area contributed by atoms with Crippen LogP contribution in [0, 0.1) is 6.92 Å². The second kappa shape index (κ2) is 9.63. The van der Waals surface area contributed by atoms with E-state index in [-0.39, 0.29) is 28.2 Å². The number of ether oxygens (including phenoxy) is 1. The Labute approximate surface area is 203 Å². The first-order valence-corrected chi connectivity index (χ1v) is 12.5. The topological polar surface area (TPSA) is 75.7 Å². The van der Waals surface area contributed by atoms with Gasteiger partial charge in [0.05, 0.1) is 15.6 Å². The molecule has 0 saturated carbocycles. The number of aryl methyl sites for hydroxylation is 2. The average Bonchev–Trinajstić information content (AvgIpc) is 2.79. The molecule has 1 heterocycles. The van der Waals surface area contributed by atoms with Crippen LogP contribution in [0.15, 0.2) is 65.6 Å². The van der Waals surface area contributed by atoms with Crippen molar-refractivity contribution in [1.29, 1.82) is 0 Å². The van der Waals surface area contributed by atoms with Gasteiger partial charge in [-0.15, -0.1) is 0 Å².